The van der Waals surface area contributed by atoms with Gasteiger partial charge in [0.15, 0.2) is 0 Å². The number of benzene rings is 1. The number of nitrogens with zero attached hydrogens (tertiary/aromatic N) is 4. The Balaban J connectivity index is 1.31. The molecule has 0 radical (unpaired) electrons. The Bertz CT molecular complexity index is 1090. The van der Waals surface area contributed by atoms with Gasteiger partial charge in [-0.2, -0.15) is 10.2 Å². The van der Waals surface area contributed by atoms with Crippen molar-refractivity contribution < 1.29 is 14.6 Å². The van der Waals surface area contributed by atoms with E-state index in [2.05, 4.69) is 32.2 Å². The van der Waals surface area contributed by atoms with Gasteiger partial charge >= 0.3 is 5.97 Å². The molecule has 7 heteroatoms. The van der Waals surface area contributed by atoms with Crippen LogP contribution in [0.2, 0.25) is 0 Å². The fourth-order valence-corrected chi connectivity index (χ4v) is 5.43. The van der Waals surface area contributed by atoms with E-state index in [1.807, 2.05) is 30.6 Å². The van der Waals surface area contributed by atoms with E-state index in [9.17, 15) is 9.90 Å². The first-order valence-corrected chi connectivity index (χ1v) is 12.7. The smallest absolute Gasteiger partial charge is 0.303 e. The van der Waals surface area contributed by atoms with Gasteiger partial charge in [0, 0.05) is 30.7 Å². The van der Waals surface area contributed by atoms with E-state index in [1.165, 1.54) is 11.1 Å². The Morgan fingerprint density at radius 1 is 1.09 bits per heavy atom. The number of piperidine rings is 1. The minimum absolute atomic E-state index is 0.256. The van der Waals surface area contributed by atoms with E-state index in [0.717, 1.165) is 81.2 Å². The molecule has 1 aliphatic rings. The van der Waals surface area contributed by atoms with Gasteiger partial charge in [0.05, 0.1) is 18.8 Å². The lowest BCUT2D eigenvalue weighted by Crippen LogP contribution is -2.41. The van der Waals surface area contributed by atoms with Crippen molar-refractivity contribution in [2.75, 3.05) is 26.7 Å². The number of carbonyl (C=O) groups is 1. The second-order valence-electron chi connectivity index (χ2n) is 9.64. The van der Waals surface area contributed by atoms with Crippen LogP contribution in [0.25, 0.3) is 10.9 Å². The summed E-state index contributed by atoms with van der Waals surface area (Å²) in [5.41, 5.74) is 3.52. The predicted octanol–water partition coefficient (Wildman–Crippen LogP) is 4.79. The lowest BCUT2D eigenvalue weighted by molar-refractivity contribution is -0.137. The van der Waals surface area contributed by atoms with Gasteiger partial charge in [0.2, 0.25) is 0 Å². The van der Waals surface area contributed by atoms with Crippen LogP contribution in [0.15, 0.2) is 48.9 Å². The molecule has 0 bridgehead atoms. The van der Waals surface area contributed by atoms with Gasteiger partial charge in [-0.15, -0.1) is 0 Å². The first-order chi connectivity index (χ1) is 17.1. The molecule has 35 heavy (non-hydrogen) atoms. The van der Waals surface area contributed by atoms with Crippen LogP contribution >= 0.6 is 0 Å². The molecular weight excluding hydrogens is 440 g/mol. The van der Waals surface area contributed by atoms with Gasteiger partial charge in [0.25, 0.3) is 0 Å². The molecule has 186 valence electrons. The number of ether oxygens (including phenoxy) is 1. The largest absolute Gasteiger partial charge is 0.497 e. The van der Waals surface area contributed by atoms with Gasteiger partial charge < -0.3 is 14.7 Å². The van der Waals surface area contributed by atoms with E-state index in [0.29, 0.717) is 11.8 Å². The van der Waals surface area contributed by atoms with E-state index < -0.39 is 5.97 Å². The minimum atomic E-state index is -0.691. The number of rotatable bonds is 12. The zero-order valence-corrected chi connectivity index (χ0v) is 20.6. The minimum Gasteiger partial charge on any atom is -0.497 e. The first-order valence-electron chi connectivity index (χ1n) is 12.7. The molecule has 4 rings (SSSR count). The summed E-state index contributed by atoms with van der Waals surface area (Å²) in [6.07, 6.45) is 12.9. The van der Waals surface area contributed by atoms with Gasteiger partial charge in [-0.25, -0.2) is 0 Å². The normalized spacial score (nSPS) is 18.5. The van der Waals surface area contributed by atoms with Gasteiger partial charge in [-0.1, -0.05) is 0 Å². The molecule has 2 atom stereocenters. The lowest BCUT2D eigenvalue weighted by atomic mass is 9.79. The number of aliphatic carboxylic acids is 1. The number of fused-ring (bicyclic) bond motifs is 1. The van der Waals surface area contributed by atoms with Gasteiger partial charge in [-0.3, -0.25) is 9.78 Å². The van der Waals surface area contributed by atoms with Crippen molar-refractivity contribution in [1.29, 1.82) is 0 Å². The maximum Gasteiger partial charge on any atom is 0.303 e. The van der Waals surface area contributed by atoms with Crippen LogP contribution in [0.3, 0.4) is 0 Å². The van der Waals surface area contributed by atoms with E-state index in [4.69, 9.17) is 4.74 Å². The van der Waals surface area contributed by atoms with Crippen molar-refractivity contribution >= 4 is 16.9 Å². The Morgan fingerprint density at radius 2 is 2.00 bits per heavy atom. The number of aryl methyl sites for hydroxylation is 2. The molecule has 1 fully saturated rings. The summed E-state index contributed by atoms with van der Waals surface area (Å²) in [5, 5.41) is 18.3. The molecule has 0 aliphatic carbocycles. The van der Waals surface area contributed by atoms with Crippen molar-refractivity contribution in [2.45, 2.75) is 51.4 Å². The Kier molecular flexibility index (Phi) is 9.01. The van der Waals surface area contributed by atoms with E-state index >= 15 is 0 Å². The maximum absolute atomic E-state index is 11.3. The average molecular weight is 477 g/mol. The molecule has 3 heterocycles. The maximum atomic E-state index is 11.3. The summed E-state index contributed by atoms with van der Waals surface area (Å²) in [4.78, 5) is 18.3. The molecular formula is C28H36N4O3. The van der Waals surface area contributed by atoms with Crippen LogP contribution in [-0.4, -0.2) is 57.9 Å². The lowest BCUT2D eigenvalue weighted by Gasteiger charge is -2.39. The second kappa shape index (κ2) is 12.6. The van der Waals surface area contributed by atoms with Crippen LogP contribution < -0.4 is 4.74 Å². The van der Waals surface area contributed by atoms with Crippen LogP contribution in [-0.2, 0) is 17.6 Å². The highest BCUT2D eigenvalue weighted by Gasteiger charge is 2.29. The fraction of sp³-hybridized carbons (Fsp3) is 0.500. The molecule has 1 aliphatic heterocycles. The number of likely N-dealkylation sites (tertiary alicyclic amines) is 1. The predicted molar refractivity (Wildman–Crippen MR) is 136 cm³/mol. The molecule has 2 aromatic heterocycles. The molecule has 0 spiro atoms. The standard InChI is InChI=1S/C28H36N4O3/c1-35-25-8-9-27-26(18-25)23(12-14-29-27)6-2-5-22-13-17-32(20-24(22)7-10-28(33)34)16-3-4-21-11-15-30-31-19-21/h8-9,11-12,14-15,18-19,22,24H,2-7,10,13,16-17,20H2,1H3,(H,33,34)/t22-,24+/m1/s1. The number of carboxylic acid groups (broad SMARTS) is 1. The van der Waals surface area contributed by atoms with Crippen LogP contribution in [0, 0.1) is 11.8 Å². The van der Waals surface area contributed by atoms with Gasteiger partial charge in [-0.05, 0) is 111 Å². The number of hydrogen-bond donors (Lipinski definition) is 1. The van der Waals surface area contributed by atoms with Crippen molar-refractivity contribution in [2.24, 2.45) is 11.8 Å². The van der Waals surface area contributed by atoms with Gasteiger partial charge in [0.1, 0.15) is 5.75 Å². The van der Waals surface area contributed by atoms with Crippen LogP contribution in [0.4, 0.5) is 0 Å². The number of methoxy groups -OCH3 is 1. The monoisotopic (exact) mass is 476 g/mol. The molecule has 7 nitrogen and oxygen atoms in total. The molecule has 1 aromatic carbocycles. The molecule has 1 saturated heterocycles. The van der Waals surface area contributed by atoms with Crippen LogP contribution in [0.1, 0.15) is 49.7 Å². The van der Waals surface area contributed by atoms with Crippen molar-refractivity contribution in [3.8, 4) is 5.75 Å². The SMILES string of the molecule is COc1ccc2nccc(CCC[C@@H]3CCN(CCCc4ccnnc4)C[C@@H]3CCC(=O)O)c2c1. The molecule has 0 saturated carbocycles. The molecule has 3 aromatic rings. The highest BCUT2D eigenvalue weighted by Crippen LogP contribution is 2.32. The molecule has 1 N–H and O–H groups in total. The first kappa shape index (κ1) is 25.0. The molecule has 0 amide bonds. The summed E-state index contributed by atoms with van der Waals surface area (Å²) < 4.78 is 5.41. The highest BCUT2D eigenvalue weighted by atomic mass is 16.5. The Labute approximate surface area is 207 Å². The number of pyridine rings is 1. The summed E-state index contributed by atoms with van der Waals surface area (Å²) in [6, 6.07) is 10.2. The van der Waals surface area contributed by atoms with E-state index in [-0.39, 0.29) is 6.42 Å². The summed E-state index contributed by atoms with van der Waals surface area (Å²) in [7, 11) is 1.69. The molecule has 0 unspecified atom stereocenters. The van der Waals surface area contributed by atoms with Crippen molar-refractivity contribution in [1.82, 2.24) is 20.1 Å². The zero-order chi connectivity index (χ0) is 24.5. The summed E-state index contributed by atoms with van der Waals surface area (Å²) in [5.74, 6) is 1.19. The third-order valence-electron chi connectivity index (χ3n) is 7.35. The third kappa shape index (κ3) is 7.21. The zero-order valence-electron chi connectivity index (χ0n) is 20.6. The Hall–Kier alpha value is -3.06. The second-order valence-corrected chi connectivity index (χ2v) is 9.64. The quantitative estimate of drug-likeness (QED) is 0.402. The van der Waals surface area contributed by atoms with Crippen molar-refractivity contribution in [3.05, 3.63) is 60.0 Å². The Morgan fingerprint density at radius 3 is 2.80 bits per heavy atom. The van der Waals surface area contributed by atoms with E-state index in [1.54, 1.807) is 13.3 Å². The highest BCUT2D eigenvalue weighted by molar-refractivity contribution is 5.83. The van der Waals surface area contributed by atoms with Crippen molar-refractivity contribution in [3.63, 3.8) is 0 Å². The third-order valence-corrected chi connectivity index (χ3v) is 7.35. The van der Waals surface area contributed by atoms with Crippen LogP contribution in [0.5, 0.6) is 5.75 Å². The average Bonchev–Trinajstić information content (AvgIpc) is 2.88. The number of hydrogen-bond acceptors (Lipinski definition) is 6. The summed E-state index contributed by atoms with van der Waals surface area (Å²) >= 11 is 0. The summed E-state index contributed by atoms with van der Waals surface area (Å²) in [6.45, 7) is 3.14. The fourth-order valence-electron chi connectivity index (χ4n) is 5.43. The number of aromatic nitrogens is 3. The topological polar surface area (TPSA) is 88.4 Å². The number of carboxylic acids is 1.